The Morgan fingerprint density at radius 1 is 1.13 bits per heavy atom. The second-order valence-corrected chi connectivity index (χ2v) is 6.07. The second kappa shape index (κ2) is 9.17. The van der Waals surface area contributed by atoms with Crippen LogP contribution in [-0.2, 0) is 9.53 Å². The van der Waals surface area contributed by atoms with Gasteiger partial charge < -0.3 is 10.1 Å². The number of nitrogens with one attached hydrogen (secondary N) is 1. The quantitative estimate of drug-likeness (QED) is 0.472. The Kier molecular flexibility index (Phi) is 6.90. The number of carbonyl (C=O) groups excluding carboxylic acids is 2. The van der Waals surface area contributed by atoms with Crippen LogP contribution >= 0.6 is 23.4 Å². The number of esters is 1. The van der Waals surface area contributed by atoms with E-state index in [4.69, 9.17) is 16.3 Å². The molecule has 0 saturated carbocycles. The summed E-state index contributed by atoms with van der Waals surface area (Å²) < 4.78 is 4.92. The molecule has 1 aromatic heterocycles. The minimum Gasteiger partial charge on any atom is -0.452 e. The average Bonchev–Trinajstić information content (AvgIpc) is 2.59. The summed E-state index contributed by atoms with van der Waals surface area (Å²) in [5.74, 6) is -0.159. The van der Waals surface area contributed by atoms with Crippen molar-refractivity contribution in [3.05, 3.63) is 59.4 Å². The van der Waals surface area contributed by atoms with Gasteiger partial charge in [0.1, 0.15) is 0 Å². The first-order valence-corrected chi connectivity index (χ1v) is 8.24. The molecule has 0 aliphatic heterocycles. The maximum Gasteiger partial charge on any atom is 0.338 e. The number of nitrogens with zero attached hydrogens (tertiary/aromatic N) is 1. The third kappa shape index (κ3) is 6.30. The molecule has 0 radical (unpaired) electrons. The van der Waals surface area contributed by atoms with Crippen LogP contribution in [0.3, 0.4) is 0 Å². The molecule has 0 unspecified atom stereocenters. The minimum absolute atomic E-state index is 0.299. The van der Waals surface area contributed by atoms with Gasteiger partial charge in [-0.1, -0.05) is 11.6 Å². The highest BCUT2D eigenvalue weighted by atomic mass is 35.5. The molecule has 2 rings (SSSR count). The Bertz CT molecular complexity index is 650. The van der Waals surface area contributed by atoms with Crippen LogP contribution in [0.4, 0.5) is 0 Å². The molecule has 2 aromatic rings. The lowest BCUT2D eigenvalue weighted by molar-refractivity contribution is -0.124. The minimum atomic E-state index is -0.543. The number of ether oxygens (including phenoxy) is 1. The Balaban J connectivity index is 1.62. The summed E-state index contributed by atoms with van der Waals surface area (Å²) in [6.45, 7) is 0.186. The zero-order chi connectivity index (χ0) is 16.5. The fraction of sp³-hybridized carbons (Fsp3) is 0.188. The van der Waals surface area contributed by atoms with Crippen LogP contribution in [0.1, 0.15) is 10.4 Å². The van der Waals surface area contributed by atoms with E-state index in [0.717, 1.165) is 4.90 Å². The number of amides is 1. The van der Waals surface area contributed by atoms with Crippen molar-refractivity contribution in [1.82, 2.24) is 10.3 Å². The number of aromatic nitrogens is 1. The lowest BCUT2D eigenvalue weighted by Crippen LogP contribution is -2.30. The second-order valence-electron chi connectivity index (χ2n) is 4.46. The summed E-state index contributed by atoms with van der Waals surface area (Å²) in [5, 5.41) is 3.39. The number of hydrogen-bond donors (Lipinski definition) is 1. The van der Waals surface area contributed by atoms with E-state index in [1.54, 1.807) is 11.8 Å². The van der Waals surface area contributed by atoms with E-state index >= 15 is 0 Å². The smallest absolute Gasteiger partial charge is 0.338 e. The highest BCUT2D eigenvalue weighted by Gasteiger charge is 2.09. The molecule has 0 atom stereocenters. The Labute approximate surface area is 143 Å². The average molecular weight is 351 g/mol. The lowest BCUT2D eigenvalue weighted by Gasteiger charge is -2.06. The molecule has 7 heteroatoms. The van der Waals surface area contributed by atoms with Crippen molar-refractivity contribution in [3.8, 4) is 0 Å². The van der Waals surface area contributed by atoms with Crippen molar-refractivity contribution < 1.29 is 14.3 Å². The molecule has 23 heavy (non-hydrogen) atoms. The number of carbonyl (C=O) groups is 2. The summed E-state index contributed by atoms with van der Waals surface area (Å²) in [5.41, 5.74) is 0.367. The van der Waals surface area contributed by atoms with Crippen molar-refractivity contribution in [2.45, 2.75) is 4.90 Å². The normalized spacial score (nSPS) is 10.1. The number of pyridine rings is 1. The molecule has 1 aromatic carbocycles. The van der Waals surface area contributed by atoms with Gasteiger partial charge in [-0.3, -0.25) is 9.78 Å². The SMILES string of the molecule is O=C(COC(=O)c1ccncc1)NCCSc1ccc(Cl)cc1. The van der Waals surface area contributed by atoms with Gasteiger partial charge in [0.05, 0.1) is 5.56 Å². The summed E-state index contributed by atoms with van der Waals surface area (Å²) >= 11 is 7.41. The van der Waals surface area contributed by atoms with Crippen LogP contribution in [0.2, 0.25) is 5.02 Å². The maximum absolute atomic E-state index is 11.6. The largest absolute Gasteiger partial charge is 0.452 e. The van der Waals surface area contributed by atoms with Gasteiger partial charge in [0, 0.05) is 34.6 Å². The molecule has 0 bridgehead atoms. The molecule has 0 saturated heterocycles. The summed E-state index contributed by atoms with van der Waals surface area (Å²) in [7, 11) is 0. The zero-order valence-corrected chi connectivity index (χ0v) is 13.8. The Hall–Kier alpha value is -2.05. The van der Waals surface area contributed by atoms with Crippen molar-refractivity contribution in [1.29, 1.82) is 0 Å². The zero-order valence-electron chi connectivity index (χ0n) is 12.2. The highest BCUT2D eigenvalue weighted by molar-refractivity contribution is 7.99. The molecule has 1 amide bonds. The third-order valence-electron chi connectivity index (χ3n) is 2.76. The van der Waals surface area contributed by atoms with Gasteiger partial charge in [0.25, 0.3) is 5.91 Å². The van der Waals surface area contributed by atoms with Gasteiger partial charge in [0.15, 0.2) is 6.61 Å². The van der Waals surface area contributed by atoms with E-state index in [0.29, 0.717) is 22.9 Å². The molecule has 0 spiro atoms. The van der Waals surface area contributed by atoms with E-state index in [1.807, 2.05) is 24.3 Å². The fourth-order valence-corrected chi connectivity index (χ4v) is 2.54. The van der Waals surface area contributed by atoms with Crippen LogP contribution in [0.15, 0.2) is 53.7 Å². The van der Waals surface area contributed by atoms with Crippen LogP contribution in [0, 0.1) is 0 Å². The molecule has 1 N–H and O–H groups in total. The number of thioether (sulfide) groups is 1. The molecule has 0 aliphatic rings. The van der Waals surface area contributed by atoms with Gasteiger partial charge in [0.2, 0.25) is 0 Å². The van der Waals surface area contributed by atoms with Crippen LogP contribution in [0.5, 0.6) is 0 Å². The van der Waals surface area contributed by atoms with E-state index in [2.05, 4.69) is 10.3 Å². The monoisotopic (exact) mass is 350 g/mol. The first kappa shape index (κ1) is 17.3. The van der Waals surface area contributed by atoms with Gasteiger partial charge in [-0.2, -0.15) is 0 Å². The van der Waals surface area contributed by atoms with E-state index in [9.17, 15) is 9.59 Å². The Morgan fingerprint density at radius 3 is 2.52 bits per heavy atom. The molecular formula is C16H15ClN2O3S. The van der Waals surface area contributed by atoms with Crippen molar-refractivity contribution in [2.24, 2.45) is 0 Å². The molecule has 1 heterocycles. The van der Waals surface area contributed by atoms with Crippen LogP contribution < -0.4 is 5.32 Å². The fourth-order valence-electron chi connectivity index (χ4n) is 1.64. The predicted molar refractivity (Wildman–Crippen MR) is 89.7 cm³/mol. The molecule has 120 valence electrons. The third-order valence-corrected chi connectivity index (χ3v) is 4.02. The predicted octanol–water partition coefficient (Wildman–Crippen LogP) is 2.80. The first-order valence-electron chi connectivity index (χ1n) is 6.87. The van der Waals surface area contributed by atoms with Gasteiger partial charge in [-0.25, -0.2) is 4.79 Å². The van der Waals surface area contributed by atoms with E-state index in [-0.39, 0.29) is 12.5 Å². The number of benzene rings is 1. The molecular weight excluding hydrogens is 336 g/mol. The van der Waals surface area contributed by atoms with Crippen molar-refractivity contribution in [3.63, 3.8) is 0 Å². The summed E-state index contributed by atoms with van der Waals surface area (Å²) in [4.78, 5) is 28.1. The van der Waals surface area contributed by atoms with Crippen LogP contribution in [0.25, 0.3) is 0 Å². The Morgan fingerprint density at radius 2 is 1.83 bits per heavy atom. The number of halogens is 1. The molecule has 0 fully saturated rings. The molecule has 0 aliphatic carbocycles. The summed E-state index contributed by atoms with van der Waals surface area (Å²) in [6, 6.07) is 10.5. The first-order chi connectivity index (χ1) is 11.1. The number of rotatable bonds is 7. The van der Waals surface area contributed by atoms with Crippen LogP contribution in [-0.4, -0.2) is 35.8 Å². The van der Waals surface area contributed by atoms with Gasteiger partial charge in [-0.05, 0) is 36.4 Å². The van der Waals surface area contributed by atoms with Crippen molar-refractivity contribution in [2.75, 3.05) is 18.9 Å². The van der Waals surface area contributed by atoms with Gasteiger partial charge >= 0.3 is 5.97 Å². The lowest BCUT2D eigenvalue weighted by atomic mass is 10.3. The topological polar surface area (TPSA) is 68.3 Å². The number of hydrogen-bond acceptors (Lipinski definition) is 5. The summed E-state index contributed by atoms with van der Waals surface area (Å²) in [6.07, 6.45) is 2.98. The highest BCUT2D eigenvalue weighted by Crippen LogP contribution is 2.19. The van der Waals surface area contributed by atoms with Crippen molar-refractivity contribution >= 4 is 35.2 Å². The van der Waals surface area contributed by atoms with E-state index < -0.39 is 5.97 Å². The van der Waals surface area contributed by atoms with E-state index in [1.165, 1.54) is 24.5 Å². The molecule has 5 nitrogen and oxygen atoms in total. The standard InChI is InChI=1S/C16H15ClN2O3S/c17-13-1-3-14(4-2-13)23-10-9-19-15(20)11-22-16(21)12-5-7-18-8-6-12/h1-8H,9-11H2,(H,19,20). The van der Waals surface area contributed by atoms with Gasteiger partial charge in [-0.15, -0.1) is 11.8 Å². The maximum atomic E-state index is 11.6.